The molecule has 2 aromatic heterocycles. The van der Waals surface area contributed by atoms with Gasteiger partial charge in [-0.05, 0) is 55.5 Å². The average molecular weight is 565 g/mol. The number of rotatable bonds is 8. The van der Waals surface area contributed by atoms with E-state index in [1.807, 2.05) is 0 Å². The number of imidazole rings is 1. The van der Waals surface area contributed by atoms with E-state index in [0.717, 1.165) is 4.47 Å². The molecule has 2 heterocycles. The number of benzene rings is 2. The Labute approximate surface area is 209 Å². The standard InChI is InChI=1S/C23H19BrClN3O5S/c1-2-32-21(29)13-26-23-22(27-20-11-8-17(25)14-28(20)23)15-4-3-5-18(12-15)33-34(30,31)19-9-6-16(24)7-10-19/h3-12,14,26H,2,13H2,1H3. The highest BCUT2D eigenvalue weighted by Crippen LogP contribution is 2.32. The molecule has 0 aliphatic carbocycles. The second-order valence-corrected chi connectivity index (χ2v) is 9.96. The van der Waals surface area contributed by atoms with Crippen LogP contribution in [0.25, 0.3) is 16.9 Å². The first-order valence-corrected chi connectivity index (χ1v) is 12.7. The van der Waals surface area contributed by atoms with E-state index in [1.165, 1.54) is 18.2 Å². The highest BCUT2D eigenvalue weighted by Gasteiger charge is 2.19. The maximum atomic E-state index is 12.7. The zero-order valence-electron chi connectivity index (χ0n) is 17.9. The van der Waals surface area contributed by atoms with Crippen LogP contribution >= 0.6 is 27.5 Å². The molecule has 0 aliphatic heterocycles. The van der Waals surface area contributed by atoms with Gasteiger partial charge in [-0.2, -0.15) is 8.42 Å². The molecule has 0 radical (unpaired) electrons. The summed E-state index contributed by atoms with van der Waals surface area (Å²) in [7, 11) is -4.04. The third-order valence-electron chi connectivity index (χ3n) is 4.70. The molecule has 34 heavy (non-hydrogen) atoms. The Bertz CT molecular complexity index is 1460. The fourth-order valence-corrected chi connectivity index (χ4v) is 4.58. The molecule has 176 valence electrons. The van der Waals surface area contributed by atoms with Crippen molar-refractivity contribution in [2.45, 2.75) is 11.8 Å². The Morgan fingerprint density at radius 2 is 1.91 bits per heavy atom. The van der Waals surface area contributed by atoms with Crippen LogP contribution in [-0.4, -0.2) is 36.9 Å². The molecule has 0 saturated heterocycles. The van der Waals surface area contributed by atoms with E-state index < -0.39 is 16.1 Å². The molecule has 4 aromatic rings. The van der Waals surface area contributed by atoms with Crippen molar-refractivity contribution >= 4 is 55.1 Å². The van der Waals surface area contributed by atoms with Crippen LogP contribution in [-0.2, 0) is 19.6 Å². The van der Waals surface area contributed by atoms with Crippen LogP contribution in [0.15, 0.2) is 76.2 Å². The first-order chi connectivity index (χ1) is 16.3. The van der Waals surface area contributed by atoms with Crippen LogP contribution in [0.1, 0.15) is 6.92 Å². The van der Waals surface area contributed by atoms with Gasteiger partial charge in [-0.15, -0.1) is 0 Å². The van der Waals surface area contributed by atoms with Crippen molar-refractivity contribution in [3.63, 3.8) is 0 Å². The van der Waals surface area contributed by atoms with E-state index in [9.17, 15) is 13.2 Å². The van der Waals surface area contributed by atoms with Gasteiger partial charge < -0.3 is 14.2 Å². The largest absolute Gasteiger partial charge is 0.465 e. The number of aromatic nitrogens is 2. The predicted molar refractivity (Wildman–Crippen MR) is 133 cm³/mol. The zero-order chi connectivity index (χ0) is 24.3. The van der Waals surface area contributed by atoms with Crippen molar-refractivity contribution in [3.05, 3.63) is 76.4 Å². The van der Waals surface area contributed by atoms with Crippen molar-refractivity contribution in [3.8, 4) is 17.0 Å². The van der Waals surface area contributed by atoms with Crippen LogP contribution in [0.3, 0.4) is 0 Å². The van der Waals surface area contributed by atoms with Crippen LogP contribution < -0.4 is 9.50 Å². The number of halogens is 2. The van der Waals surface area contributed by atoms with Crippen LogP contribution in [0.2, 0.25) is 5.02 Å². The molecule has 1 N–H and O–H groups in total. The molecule has 0 saturated carbocycles. The molecule has 4 rings (SSSR count). The average Bonchev–Trinajstić information content (AvgIpc) is 3.16. The van der Waals surface area contributed by atoms with Gasteiger partial charge in [0, 0.05) is 16.2 Å². The molecule has 0 fully saturated rings. The summed E-state index contributed by atoms with van der Waals surface area (Å²) in [6, 6.07) is 16.1. The van der Waals surface area contributed by atoms with Gasteiger partial charge in [0.25, 0.3) is 0 Å². The van der Waals surface area contributed by atoms with Gasteiger partial charge in [0.15, 0.2) is 0 Å². The first kappa shape index (κ1) is 24.1. The predicted octanol–water partition coefficient (Wildman–Crippen LogP) is 5.16. The number of anilines is 1. The monoisotopic (exact) mass is 563 g/mol. The van der Waals surface area contributed by atoms with Gasteiger partial charge in [-0.1, -0.05) is 39.7 Å². The van der Waals surface area contributed by atoms with Crippen molar-refractivity contribution < 1.29 is 22.1 Å². The number of ether oxygens (including phenoxy) is 1. The van der Waals surface area contributed by atoms with Gasteiger partial charge in [0.05, 0.1) is 11.6 Å². The summed E-state index contributed by atoms with van der Waals surface area (Å²) in [6.45, 7) is 1.90. The van der Waals surface area contributed by atoms with Crippen LogP contribution in [0, 0.1) is 0 Å². The highest BCUT2D eigenvalue weighted by atomic mass is 79.9. The molecule has 0 amide bonds. The summed E-state index contributed by atoms with van der Waals surface area (Å²) in [5.41, 5.74) is 1.65. The second-order valence-electron chi connectivity index (χ2n) is 7.06. The van der Waals surface area contributed by atoms with Gasteiger partial charge in [-0.25, -0.2) is 4.98 Å². The smallest absolute Gasteiger partial charge is 0.339 e. The number of esters is 1. The molecule has 0 aliphatic rings. The summed E-state index contributed by atoms with van der Waals surface area (Å²) < 4.78 is 38.2. The molecule has 8 nitrogen and oxygen atoms in total. The summed E-state index contributed by atoms with van der Waals surface area (Å²) >= 11 is 9.45. The van der Waals surface area contributed by atoms with E-state index in [-0.39, 0.29) is 23.8 Å². The summed E-state index contributed by atoms with van der Waals surface area (Å²) in [4.78, 5) is 16.6. The molecule has 0 unspecified atom stereocenters. The van der Waals surface area contributed by atoms with Gasteiger partial charge >= 0.3 is 16.1 Å². The van der Waals surface area contributed by atoms with E-state index >= 15 is 0 Å². The lowest BCUT2D eigenvalue weighted by molar-refractivity contribution is -0.140. The SMILES string of the molecule is CCOC(=O)CNc1c(-c2cccc(OS(=O)(=O)c3ccc(Br)cc3)c2)nc2ccc(Cl)cn12. The number of carbonyl (C=O) groups excluding carboxylic acids is 1. The number of nitrogens with one attached hydrogen (secondary N) is 1. The number of hydrogen-bond donors (Lipinski definition) is 1. The number of carbonyl (C=O) groups is 1. The summed E-state index contributed by atoms with van der Waals surface area (Å²) in [5, 5.41) is 3.53. The Kier molecular flexibility index (Phi) is 7.11. The number of nitrogens with zero attached hydrogens (tertiary/aromatic N) is 2. The molecular weight excluding hydrogens is 546 g/mol. The molecule has 0 bridgehead atoms. The minimum absolute atomic E-state index is 0.0280. The number of hydrogen-bond acceptors (Lipinski definition) is 7. The Hall–Kier alpha value is -3.08. The van der Waals surface area contributed by atoms with Crippen molar-refractivity contribution in [2.24, 2.45) is 0 Å². The lowest BCUT2D eigenvalue weighted by Gasteiger charge is -2.10. The van der Waals surface area contributed by atoms with Gasteiger partial charge in [0.1, 0.15) is 34.3 Å². The van der Waals surface area contributed by atoms with Gasteiger partial charge in [0.2, 0.25) is 0 Å². The second kappa shape index (κ2) is 10.0. The normalized spacial score (nSPS) is 11.4. The minimum atomic E-state index is -4.04. The quantitative estimate of drug-likeness (QED) is 0.233. The molecule has 2 aromatic carbocycles. The third-order valence-corrected chi connectivity index (χ3v) is 6.72. The maximum absolute atomic E-state index is 12.7. The van der Waals surface area contributed by atoms with Gasteiger partial charge in [-0.3, -0.25) is 9.20 Å². The number of fused-ring (bicyclic) bond motifs is 1. The Morgan fingerprint density at radius 3 is 2.65 bits per heavy atom. The first-order valence-electron chi connectivity index (χ1n) is 10.1. The summed E-state index contributed by atoms with van der Waals surface area (Å²) in [5.74, 6) is 0.188. The maximum Gasteiger partial charge on any atom is 0.339 e. The van der Waals surface area contributed by atoms with Crippen LogP contribution in [0.4, 0.5) is 5.82 Å². The lowest BCUT2D eigenvalue weighted by atomic mass is 10.1. The zero-order valence-corrected chi connectivity index (χ0v) is 21.0. The fraction of sp³-hybridized carbons (Fsp3) is 0.130. The molecule has 11 heteroatoms. The van der Waals surface area contributed by atoms with E-state index in [0.29, 0.717) is 27.7 Å². The van der Waals surface area contributed by atoms with Crippen molar-refractivity contribution in [1.82, 2.24) is 9.38 Å². The fourth-order valence-electron chi connectivity index (χ4n) is 3.23. The highest BCUT2D eigenvalue weighted by molar-refractivity contribution is 9.10. The van der Waals surface area contributed by atoms with E-state index in [4.69, 9.17) is 20.5 Å². The minimum Gasteiger partial charge on any atom is -0.465 e. The topological polar surface area (TPSA) is 99.0 Å². The Balaban J connectivity index is 1.70. The van der Waals surface area contributed by atoms with Crippen molar-refractivity contribution in [1.29, 1.82) is 0 Å². The van der Waals surface area contributed by atoms with Crippen LogP contribution in [0.5, 0.6) is 5.75 Å². The van der Waals surface area contributed by atoms with Crippen molar-refractivity contribution in [2.75, 3.05) is 18.5 Å². The third kappa shape index (κ3) is 5.35. The number of pyridine rings is 1. The van der Waals surface area contributed by atoms with E-state index in [2.05, 4.69) is 26.2 Å². The molecule has 0 atom stereocenters. The summed E-state index contributed by atoms with van der Waals surface area (Å²) in [6.07, 6.45) is 1.67. The van der Waals surface area contributed by atoms with E-state index in [1.54, 1.807) is 60.0 Å². The molecule has 0 spiro atoms. The Morgan fingerprint density at radius 1 is 1.15 bits per heavy atom. The lowest BCUT2D eigenvalue weighted by Crippen LogP contribution is -2.17. The molecular formula is C23H19BrClN3O5S.